The summed E-state index contributed by atoms with van der Waals surface area (Å²) in [5.41, 5.74) is 0.641. The maximum Gasteiger partial charge on any atom is 0.319 e. The predicted octanol–water partition coefficient (Wildman–Crippen LogP) is 3.01. The van der Waals surface area contributed by atoms with Gasteiger partial charge in [0.15, 0.2) is 11.5 Å². The van der Waals surface area contributed by atoms with Crippen LogP contribution in [0.15, 0.2) is 18.2 Å². The molecule has 0 radical (unpaired) electrons. The van der Waals surface area contributed by atoms with Crippen molar-refractivity contribution in [3.63, 3.8) is 0 Å². The molecule has 1 aromatic rings. The molecule has 1 unspecified atom stereocenters. The molecule has 0 heterocycles. The average molecular weight is 336 g/mol. The van der Waals surface area contributed by atoms with E-state index in [0.29, 0.717) is 30.3 Å². The van der Waals surface area contributed by atoms with E-state index in [1.807, 2.05) is 6.92 Å². The van der Waals surface area contributed by atoms with Gasteiger partial charge in [0.05, 0.1) is 13.7 Å². The summed E-state index contributed by atoms with van der Waals surface area (Å²) in [6.07, 6.45) is 4.95. The predicted molar refractivity (Wildman–Crippen MR) is 93.7 cm³/mol. The zero-order valence-electron chi connectivity index (χ0n) is 14.5. The monoisotopic (exact) mass is 336 g/mol. The van der Waals surface area contributed by atoms with E-state index < -0.39 is 0 Å². The summed E-state index contributed by atoms with van der Waals surface area (Å²) in [7, 11) is 1.60. The lowest BCUT2D eigenvalue weighted by Gasteiger charge is -2.14. The van der Waals surface area contributed by atoms with Crippen LogP contribution in [0.3, 0.4) is 0 Å². The first-order chi connectivity index (χ1) is 11.6. The lowest BCUT2D eigenvalue weighted by Crippen LogP contribution is -2.33. The van der Waals surface area contributed by atoms with Crippen LogP contribution in [0, 0.1) is 11.8 Å². The molecule has 0 bridgehead atoms. The molecule has 2 rings (SSSR count). The molecule has 0 aromatic heterocycles. The highest BCUT2D eigenvalue weighted by Gasteiger charge is 2.20. The first-order valence-electron chi connectivity index (χ1n) is 8.59. The van der Waals surface area contributed by atoms with Gasteiger partial charge in [0.25, 0.3) is 0 Å². The average Bonchev–Trinajstić information content (AvgIpc) is 3.41. The number of hydrogen-bond acceptors (Lipinski definition) is 4. The Labute approximate surface area is 143 Å². The summed E-state index contributed by atoms with van der Waals surface area (Å²) in [5, 5.41) is 14.5. The van der Waals surface area contributed by atoms with E-state index in [2.05, 4.69) is 10.6 Å². The van der Waals surface area contributed by atoms with Gasteiger partial charge >= 0.3 is 6.03 Å². The Balaban J connectivity index is 1.84. The van der Waals surface area contributed by atoms with Crippen LogP contribution in [0.4, 0.5) is 10.5 Å². The van der Waals surface area contributed by atoms with E-state index in [1.165, 1.54) is 19.3 Å². The van der Waals surface area contributed by atoms with Crippen LogP contribution in [0.2, 0.25) is 0 Å². The van der Waals surface area contributed by atoms with Gasteiger partial charge in [0.1, 0.15) is 0 Å². The van der Waals surface area contributed by atoms with Gasteiger partial charge in [-0.1, -0.05) is 19.8 Å². The molecular formula is C18H28N2O4. The molecule has 134 valence electrons. The fourth-order valence-corrected chi connectivity index (χ4v) is 2.33. The van der Waals surface area contributed by atoms with E-state index in [-0.39, 0.29) is 18.6 Å². The molecular weight excluding hydrogens is 308 g/mol. The molecule has 1 atom stereocenters. The van der Waals surface area contributed by atoms with Crippen LogP contribution in [-0.2, 0) is 0 Å². The summed E-state index contributed by atoms with van der Waals surface area (Å²) in [6, 6.07) is 5.01. The largest absolute Gasteiger partial charge is 0.493 e. The standard InChI is InChI=1S/C18H28N2O4/c1-13(12-21)11-19-18(22)20-15-7-8-16(23-2)17(10-15)24-9-3-4-14-5-6-14/h7-8,10,13-14,21H,3-6,9,11-12H2,1-2H3,(H2,19,20,22). The smallest absolute Gasteiger partial charge is 0.319 e. The van der Waals surface area contributed by atoms with Crippen LogP contribution in [0.5, 0.6) is 11.5 Å². The molecule has 1 aliphatic rings. The number of anilines is 1. The summed E-state index contributed by atoms with van der Waals surface area (Å²) in [4.78, 5) is 11.9. The minimum atomic E-state index is -0.305. The first-order valence-corrected chi connectivity index (χ1v) is 8.59. The van der Waals surface area contributed by atoms with Gasteiger partial charge in [0.2, 0.25) is 0 Å². The Kier molecular flexibility index (Phi) is 7.18. The van der Waals surface area contributed by atoms with Crippen molar-refractivity contribution < 1.29 is 19.4 Å². The van der Waals surface area contributed by atoms with E-state index in [1.54, 1.807) is 25.3 Å². The van der Waals surface area contributed by atoms with Gasteiger partial charge in [-0.05, 0) is 36.8 Å². The molecule has 1 aliphatic carbocycles. The van der Waals surface area contributed by atoms with Crippen LogP contribution in [0.1, 0.15) is 32.6 Å². The molecule has 24 heavy (non-hydrogen) atoms. The minimum absolute atomic E-state index is 0.0250. The quantitative estimate of drug-likeness (QED) is 0.574. The molecule has 1 fully saturated rings. The number of hydrogen-bond donors (Lipinski definition) is 3. The zero-order chi connectivity index (χ0) is 17.4. The number of urea groups is 1. The first kappa shape index (κ1) is 18.4. The van der Waals surface area contributed by atoms with Gasteiger partial charge in [-0.25, -0.2) is 4.79 Å². The number of amides is 2. The lowest BCUT2D eigenvalue weighted by atomic mass is 10.2. The Bertz CT molecular complexity index is 532. The zero-order valence-corrected chi connectivity index (χ0v) is 14.5. The summed E-state index contributed by atoms with van der Waals surface area (Å²) < 4.78 is 11.1. The third kappa shape index (κ3) is 6.28. The van der Waals surface area contributed by atoms with Crippen molar-refractivity contribution in [3.05, 3.63) is 18.2 Å². The fourth-order valence-electron chi connectivity index (χ4n) is 2.33. The molecule has 3 N–H and O–H groups in total. The minimum Gasteiger partial charge on any atom is -0.493 e. The van der Waals surface area contributed by atoms with Gasteiger partial charge in [-0.2, -0.15) is 0 Å². The summed E-state index contributed by atoms with van der Waals surface area (Å²) in [5.74, 6) is 2.21. The molecule has 1 aromatic carbocycles. The fraction of sp³-hybridized carbons (Fsp3) is 0.611. The van der Waals surface area contributed by atoms with E-state index in [4.69, 9.17) is 14.6 Å². The van der Waals surface area contributed by atoms with E-state index in [9.17, 15) is 4.79 Å². The van der Waals surface area contributed by atoms with Crippen LogP contribution in [0.25, 0.3) is 0 Å². The van der Waals surface area contributed by atoms with Gasteiger partial charge < -0.3 is 25.2 Å². The van der Waals surface area contributed by atoms with Crippen molar-refractivity contribution in [1.82, 2.24) is 5.32 Å². The second-order valence-corrected chi connectivity index (χ2v) is 6.42. The second kappa shape index (κ2) is 9.37. The second-order valence-electron chi connectivity index (χ2n) is 6.42. The third-order valence-electron chi connectivity index (χ3n) is 4.06. The Morgan fingerprint density at radius 1 is 1.38 bits per heavy atom. The SMILES string of the molecule is COc1ccc(NC(=O)NCC(C)CO)cc1OCCCC1CC1. The Hall–Kier alpha value is -1.95. The van der Waals surface area contributed by atoms with Crippen LogP contribution < -0.4 is 20.1 Å². The summed E-state index contributed by atoms with van der Waals surface area (Å²) >= 11 is 0. The molecule has 1 saturated carbocycles. The van der Waals surface area contributed by atoms with Gasteiger partial charge in [0, 0.05) is 24.9 Å². The molecule has 0 aliphatic heterocycles. The van der Waals surface area contributed by atoms with Crippen LogP contribution in [-0.4, -0.2) is 38.0 Å². The number of methoxy groups -OCH3 is 1. The van der Waals surface area contributed by atoms with Crippen molar-refractivity contribution in [2.45, 2.75) is 32.6 Å². The highest BCUT2D eigenvalue weighted by molar-refractivity contribution is 5.89. The number of benzene rings is 1. The van der Waals surface area contributed by atoms with Crippen molar-refractivity contribution in [2.24, 2.45) is 11.8 Å². The Morgan fingerprint density at radius 3 is 2.83 bits per heavy atom. The molecule has 6 nitrogen and oxygen atoms in total. The van der Waals surface area contributed by atoms with Crippen molar-refractivity contribution in [3.8, 4) is 11.5 Å². The number of aliphatic hydroxyl groups excluding tert-OH is 1. The molecule has 0 saturated heterocycles. The summed E-state index contributed by atoms with van der Waals surface area (Å²) in [6.45, 7) is 2.97. The number of carbonyl (C=O) groups is 1. The number of carbonyl (C=O) groups excluding carboxylic acids is 1. The third-order valence-corrected chi connectivity index (χ3v) is 4.06. The lowest BCUT2D eigenvalue weighted by molar-refractivity contribution is 0.227. The number of aliphatic hydroxyl groups is 1. The topological polar surface area (TPSA) is 79.8 Å². The van der Waals surface area contributed by atoms with Crippen LogP contribution >= 0.6 is 0 Å². The van der Waals surface area contributed by atoms with Crippen molar-refractivity contribution in [1.29, 1.82) is 0 Å². The molecule has 2 amide bonds. The number of rotatable bonds is 10. The van der Waals surface area contributed by atoms with E-state index >= 15 is 0 Å². The van der Waals surface area contributed by atoms with Gasteiger partial charge in [-0.3, -0.25) is 0 Å². The molecule has 6 heteroatoms. The van der Waals surface area contributed by atoms with Crippen molar-refractivity contribution in [2.75, 3.05) is 32.2 Å². The highest BCUT2D eigenvalue weighted by Crippen LogP contribution is 2.34. The maximum absolute atomic E-state index is 11.9. The number of nitrogens with one attached hydrogen (secondary N) is 2. The highest BCUT2D eigenvalue weighted by atomic mass is 16.5. The molecule has 0 spiro atoms. The van der Waals surface area contributed by atoms with Crippen molar-refractivity contribution >= 4 is 11.7 Å². The number of ether oxygens (including phenoxy) is 2. The maximum atomic E-state index is 11.9. The normalized spacial score (nSPS) is 14.8. The van der Waals surface area contributed by atoms with Gasteiger partial charge in [-0.15, -0.1) is 0 Å². The Morgan fingerprint density at radius 2 is 2.17 bits per heavy atom. The van der Waals surface area contributed by atoms with E-state index in [0.717, 1.165) is 12.3 Å².